The molecule has 0 saturated heterocycles. The SMILES string of the molecule is CC(C)C(CCO)NCCC(F)(F)F. The lowest BCUT2D eigenvalue weighted by Crippen LogP contribution is -2.36. The van der Waals surface area contributed by atoms with Crippen LogP contribution in [0.15, 0.2) is 0 Å². The first-order valence-corrected chi connectivity index (χ1v) is 4.78. The van der Waals surface area contributed by atoms with Gasteiger partial charge in [-0.2, -0.15) is 13.2 Å². The van der Waals surface area contributed by atoms with Crippen molar-refractivity contribution in [1.82, 2.24) is 5.32 Å². The zero-order chi connectivity index (χ0) is 11.2. The topological polar surface area (TPSA) is 32.3 Å². The first-order chi connectivity index (χ1) is 6.37. The number of rotatable bonds is 6. The fraction of sp³-hybridized carbons (Fsp3) is 1.00. The summed E-state index contributed by atoms with van der Waals surface area (Å²) in [5.74, 6) is 0.232. The van der Waals surface area contributed by atoms with Gasteiger partial charge in [0.2, 0.25) is 0 Å². The van der Waals surface area contributed by atoms with Crippen LogP contribution in [0, 0.1) is 5.92 Å². The highest BCUT2D eigenvalue weighted by atomic mass is 19.4. The minimum Gasteiger partial charge on any atom is -0.396 e. The van der Waals surface area contributed by atoms with Crippen LogP contribution in [-0.4, -0.2) is 30.5 Å². The van der Waals surface area contributed by atoms with Crippen LogP contribution in [0.2, 0.25) is 0 Å². The molecular formula is C9H18F3NO. The minimum absolute atomic E-state index is 0.00185. The van der Waals surface area contributed by atoms with Gasteiger partial charge in [-0.15, -0.1) is 0 Å². The van der Waals surface area contributed by atoms with Gasteiger partial charge in [0.05, 0.1) is 6.42 Å². The molecule has 86 valence electrons. The lowest BCUT2D eigenvalue weighted by molar-refractivity contribution is -0.133. The van der Waals surface area contributed by atoms with Gasteiger partial charge in [0.1, 0.15) is 0 Å². The molecule has 0 aliphatic heterocycles. The zero-order valence-electron chi connectivity index (χ0n) is 8.56. The molecule has 0 fully saturated rings. The van der Waals surface area contributed by atoms with Crippen molar-refractivity contribution in [2.75, 3.05) is 13.2 Å². The van der Waals surface area contributed by atoms with Gasteiger partial charge in [-0.3, -0.25) is 0 Å². The van der Waals surface area contributed by atoms with E-state index in [1.807, 2.05) is 13.8 Å². The summed E-state index contributed by atoms with van der Waals surface area (Å²) in [6.07, 6.45) is -4.43. The van der Waals surface area contributed by atoms with E-state index in [9.17, 15) is 13.2 Å². The van der Waals surface area contributed by atoms with E-state index >= 15 is 0 Å². The Morgan fingerprint density at radius 3 is 2.21 bits per heavy atom. The Bertz CT molecular complexity index is 147. The molecule has 0 spiro atoms. The monoisotopic (exact) mass is 213 g/mol. The van der Waals surface area contributed by atoms with Crippen molar-refractivity contribution in [2.24, 2.45) is 5.92 Å². The maximum atomic E-state index is 11.8. The average molecular weight is 213 g/mol. The molecule has 0 rings (SSSR count). The normalized spacial score (nSPS) is 14.8. The summed E-state index contributed by atoms with van der Waals surface area (Å²) in [6, 6.07) is -0.0395. The van der Waals surface area contributed by atoms with Crippen LogP contribution in [0.5, 0.6) is 0 Å². The molecule has 0 heterocycles. The first-order valence-electron chi connectivity index (χ1n) is 4.78. The Labute approximate surface area is 82.5 Å². The fourth-order valence-corrected chi connectivity index (χ4v) is 1.21. The average Bonchev–Trinajstić information content (AvgIpc) is 2.00. The van der Waals surface area contributed by atoms with Gasteiger partial charge in [-0.1, -0.05) is 13.8 Å². The smallest absolute Gasteiger partial charge is 0.390 e. The van der Waals surface area contributed by atoms with Crippen molar-refractivity contribution in [3.05, 3.63) is 0 Å². The summed E-state index contributed by atoms with van der Waals surface area (Å²) in [7, 11) is 0. The van der Waals surface area contributed by atoms with Gasteiger partial charge >= 0.3 is 6.18 Å². The molecule has 0 aromatic rings. The molecule has 14 heavy (non-hydrogen) atoms. The number of aliphatic hydroxyl groups excluding tert-OH is 1. The third-order valence-corrected chi connectivity index (χ3v) is 2.06. The van der Waals surface area contributed by atoms with E-state index in [1.165, 1.54) is 0 Å². The van der Waals surface area contributed by atoms with Crippen molar-refractivity contribution < 1.29 is 18.3 Å². The third kappa shape index (κ3) is 7.15. The standard InChI is InChI=1S/C9H18F3NO/c1-7(2)8(3-6-14)13-5-4-9(10,11)12/h7-8,13-14H,3-6H2,1-2H3. The Morgan fingerprint density at radius 2 is 1.86 bits per heavy atom. The van der Waals surface area contributed by atoms with Crippen LogP contribution < -0.4 is 5.32 Å². The molecule has 0 radical (unpaired) electrons. The largest absolute Gasteiger partial charge is 0.396 e. The van der Waals surface area contributed by atoms with Crippen molar-refractivity contribution >= 4 is 0 Å². The quantitative estimate of drug-likeness (QED) is 0.706. The maximum Gasteiger partial charge on any atom is 0.390 e. The second-order valence-corrected chi connectivity index (χ2v) is 3.68. The van der Waals surface area contributed by atoms with Gasteiger partial charge in [0, 0.05) is 19.2 Å². The molecule has 0 amide bonds. The second kappa shape index (κ2) is 6.24. The number of hydrogen-bond acceptors (Lipinski definition) is 2. The van der Waals surface area contributed by atoms with Crippen LogP contribution in [0.3, 0.4) is 0 Å². The summed E-state index contributed by atoms with van der Waals surface area (Å²) < 4.78 is 35.4. The Kier molecular flexibility index (Phi) is 6.11. The van der Waals surface area contributed by atoms with E-state index in [2.05, 4.69) is 5.32 Å². The van der Waals surface area contributed by atoms with Crippen LogP contribution in [0.25, 0.3) is 0 Å². The number of alkyl halides is 3. The summed E-state index contributed by atoms with van der Waals surface area (Å²) in [4.78, 5) is 0. The van der Waals surface area contributed by atoms with E-state index in [0.717, 1.165) is 0 Å². The number of halogens is 3. The van der Waals surface area contributed by atoms with Crippen LogP contribution in [-0.2, 0) is 0 Å². The van der Waals surface area contributed by atoms with E-state index in [-0.39, 0.29) is 25.1 Å². The van der Waals surface area contributed by atoms with E-state index in [4.69, 9.17) is 5.11 Å². The Balaban J connectivity index is 3.72. The molecule has 0 aliphatic rings. The van der Waals surface area contributed by atoms with Crippen LogP contribution in [0.1, 0.15) is 26.7 Å². The number of hydrogen-bond donors (Lipinski definition) is 2. The Morgan fingerprint density at radius 1 is 1.29 bits per heavy atom. The Hall–Kier alpha value is -0.290. The third-order valence-electron chi connectivity index (χ3n) is 2.06. The zero-order valence-corrected chi connectivity index (χ0v) is 8.56. The molecule has 0 aromatic carbocycles. The molecular weight excluding hydrogens is 195 g/mol. The highest BCUT2D eigenvalue weighted by Crippen LogP contribution is 2.18. The van der Waals surface area contributed by atoms with E-state index in [0.29, 0.717) is 6.42 Å². The highest BCUT2D eigenvalue weighted by Gasteiger charge is 2.26. The van der Waals surface area contributed by atoms with Gasteiger partial charge in [-0.05, 0) is 12.3 Å². The molecule has 0 aromatic heterocycles. The van der Waals surface area contributed by atoms with E-state index < -0.39 is 12.6 Å². The van der Waals surface area contributed by atoms with Gasteiger partial charge in [-0.25, -0.2) is 0 Å². The molecule has 2 nitrogen and oxygen atoms in total. The van der Waals surface area contributed by atoms with Crippen LogP contribution in [0.4, 0.5) is 13.2 Å². The number of nitrogens with one attached hydrogen (secondary N) is 1. The second-order valence-electron chi connectivity index (χ2n) is 3.68. The molecule has 0 saturated carbocycles. The minimum atomic E-state index is -4.10. The van der Waals surface area contributed by atoms with Gasteiger partial charge < -0.3 is 10.4 Å². The van der Waals surface area contributed by atoms with E-state index in [1.54, 1.807) is 0 Å². The summed E-state index contributed by atoms with van der Waals surface area (Å²) in [5.41, 5.74) is 0. The van der Waals surface area contributed by atoms with Crippen molar-refractivity contribution in [3.8, 4) is 0 Å². The maximum absolute atomic E-state index is 11.8. The molecule has 2 N–H and O–H groups in total. The molecule has 1 unspecified atom stereocenters. The van der Waals surface area contributed by atoms with Crippen molar-refractivity contribution in [1.29, 1.82) is 0 Å². The van der Waals surface area contributed by atoms with Gasteiger partial charge in [0.25, 0.3) is 0 Å². The molecule has 0 aliphatic carbocycles. The number of aliphatic hydroxyl groups is 1. The summed E-state index contributed by atoms with van der Waals surface area (Å²) in [6.45, 7) is 3.76. The predicted molar refractivity (Wildman–Crippen MR) is 49.0 cm³/mol. The molecule has 0 bridgehead atoms. The summed E-state index contributed by atoms with van der Waals surface area (Å²) >= 11 is 0. The fourth-order valence-electron chi connectivity index (χ4n) is 1.21. The molecule has 5 heteroatoms. The highest BCUT2D eigenvalue weighted by molar-refractivity contribution is 4.70. The lowest BCUT2D eigenvalue weighted by atomic mass is 10.0. The first kappa shape index (κ1) is 13.7. The van der Waals surface area contributed by atoms with Crippen molar-refractivity contribution in [3.63, 3.8) is 0 Å². The van der Waals surface area contributed by atoms with Gasteiger partial charge in [0.15, 0.2) is 0 Å². The predicted octanol–water partition coefficient (Wildman–Crippen LogP) is 1.94. The summed E-state index contributed by atoms with van der Waals surface area (Å²) in [5, 5.41) is 11.5. The van der Waals surface area contributed by atoms with Crippen LogP contribution >= 0.6 is 0 Å². The molecule has 1 atom stereocenters. The lowest BCUT2D eigenvalue weighted by Gasteiger charge is -2.21. The van der Waals surface area contributed by atoms with Crippen molar-refractivity contribution in [2.45, 2.75) is 38.9 Å².